The van der Waals surface area contributed by atoms with E-state index in [9.17, 15) is 4.79 Å². The highest BCUT2D eigenvalue weighted by Gasteiger charge is 2.27. The van der Waals surface area contributed by atoms with Crippen LogP contribution in [0.2, 0.25) is 0 Å². The summed E-state index contributed by atoms with van der Waals surface area (Å²) in [5.74, 6) is -0.0311. The number of carbonyl (C=O) groups is 1. The third-order valence-corrected chi connectivity index (χ3v) is 3.17. The Balaban J connectivity index is 2.38. The van der Waals surface area contributed by atoms with Crippen LogP contribution in [0.1, 0.15) is 18.1 Å². The number of nitriles is 1. The van der Waals surface area contributed by atoms with Gasteiger partial charge in [-0.1, -0.05) is 6.07 Å². The van der Waals surface area contributed by atoms with Crippen molar-refractivity contribution in [3.05, 3.63) is 29.3 Å². The minimum atomic E-state index is -0.286. The van der Waals surface area contributed by atoms with E-state index in [2.05, 4.69) is 11.4 Å². The van der Waals surface area contributed by atoms with Crippen molar-refractivity contribution in [2.45, 2.75) is 19.6 Å². The van der Waals surface area contributed by atoms with E-state index in [-0.39, 0.29) is 18.6 Å². The van der Waals surface area contributed by atoms with Crippen LogP contribution in [0.4, 0.5) is 5.69 Å². The lowest BCUT2D eigenvalue weighted by molar-refractivity contribution is -0.122. The number of benzene rings is 1. The Bertz CT molecular complexity index is 507. The van der Waals surface area contributed by atoms with Gasteiger partial charge >= 0.3 is 0 Å². The average molecular weight is 245 g/mol. The number of hydrogen-bond donors (Lipinski definition) is 2. The van der Waals surface area contributed by atoms with Gasteiger partial charge in [0.2, 0.25) is 5.91 Å². The van der Waals surface area contributed by atoms with Gasteiger partial charge in [0.15, 0.2) is 0 Å². The fourth-order valence-electron chi connectivity index (χ4n) is 2.13. The topological polar surface area (TPSA) is 76.4 Å². The van der Waals surface area contributed by atoms with Crippen LogP contribution in [-0.4, -0.2) is 30.1 Å². The van der Waals surface area contributed by atoms with Gasteiger partial charge in [-0.2, -0.15) is 5.26 Å². The van der Waals surface area contributed by atoms with Crippen molar-refractivity contribution in [1.29, 1.82) is 5.26 Å². The number of aliphatic hydroxyl groups is 1. The van der Waals surface area contributed by atoms with E-state index in [1.165, 1.54) is 0 Å². The quantitative estimate of drug-likeness (QED) is 0.789. The molecule has 1 fully saturated rings. The van der Waals surface area contributed by atoms with Gasteiger partial charge < -0.3 is 15.3 Å². The highest BCUT2D eigenvalue weighted by Crippen LogP contribution is 2.24. The maximum absolute atomic E-state index is 11.6. The molecule has 0 radical (unpaired) electrons. The van der Waals surface area contributed by atoms with E-state index >= 15 is 0 Å². The molecule has 0 bridgehead atoms. The summed E-state index contributed by atoms with van der Waals surface area (Å²) < 4.78 is 0. The number of carbonyl (C=O) groups excluding carboxylic acids is 1. The first kappa shape index (κ1) is 12.4. The number of nitrogens with one attached hydrogen (secondary N) is 1. The third kappa shape index (κ3) is 2.15. The summed E-state index contributed by atoms with van der Waals surface area (Å²) in [6.45, 7) is 2.98. The Hall–Kier alpha value is -2.06. The lowest BCUT2D eigenvalue weighted by atomic mass is 10.1. The lowest BCUT2D eigenvalue weighted by Crippen LogP contribution is -2.54. The summed E-state index contributed by atoms with van der Waals surface area (Å²) in [6, 6.07) is 7.06. The second-order valence-corrected chi connectivity index (χ2v) is 4.28. The molecular weight excluding hydrogens is 230 g/mol. The highest BCUT2D eigenvalue weighted by atomic mass is 16.3. The predicted octanol–water partition coefficient (Wildman–Crippen LogP) is 0.375. The van der Waals surface area contributed by atoms with Gasteiger partial charge in [-0.25, -0.2) is 0 Å². The van der Waals surface area contributed by atoms with Crippen LogP contribution in [0.3, 0.4) is 0 Å². The fraction of sp³-hybridized carbons (Fsp3) is 0.385. The molecule has 1 heterocycles. The first-order chi connectivity index (χ1) is 8.67. The first-order valence-electron chi connectivity index (χ1n) is 5.85. The molecule has 0 aromatic heterocycles. The van der Waals surface area contributed by atoms with Crippen molar-refractivity contribution in [2.24, 2.45) is 0 Å². The van der Waals surface area contributed by atoms with Gasteiger partial charge in [0.05, 0.1) is 17.9 Å². The van der Waals surface area contributed by atoms with Gasteiger partial charge in [-0.15, -0.1) is 0 Å². The predicted molar refractivity (Wildman–Crippen MR) is 66.9 cm³/mol. The first-order valence-corrected chi connectivity index (χ1v) is 5.85. The van der Waals surface area contributed by atoms with Crippen molar-refractivity contribution >= 4 is 11.6 Å². The number of hydrogen-bond acceptors (Lipinski definition) is 4. The Morgan fingerprint density at radius 3 is 3.06 bits per heavy atom. The van der Waals surface area contributed by atoms with Crippen molar-refractivity contribution in [2.75, 3.05) is 18.0 Å². The lowest BCUT2D eigenvalue weighted by Gasteiger charge is -2.35. The van der Waals surface area contributed by atoms with Crippen molar-refractivity contribution in [3.63, 3.8) is 0 Å². The normalized spacial score (nSPS) is 19.3. The monoisotopic (exact) mass is 245 g/mol. The third-order valence-electron chi connectivity index (χ3n) is 3.17. The van der Waals surface area contributed by atoms with Gasteiger partial charge in [-0.3, -0.25) is 4.79 Å². The standard InChI is InChI=1S/C13H15N3O2/c1-9-13(18)15-4-5-16(9)12-3-2-10(8-17)6-11(12)7-14/h2-3,6,9,17H,4-5,8H2,1H3,(H,15,18). The molecule has 5 nitrogen and oxygen atoms in total. The Labute approximate surface area is 106 Å². The zero-order valence-corrected chi connectivity index (χ0v) is 10.2. The van der Waals surface area contributed by atoms with Gasteiger partial charge in [-0.05, 0) is 24.6 Å². The Morgan fingerprint density at radius 1 is 1.61 bits per heavy atom. The summed E-state index contributed by atoms with van der Waals surface area (Å²) in [4.78, 5) is 13.5. The van der Waals surface area contributed by atoms with E-state index in [0.717, 1.165) is 5.69 Å². The zero-order valence-electron chi connectivity index (χ0n) is 10.2. The maximum atomic E-state index is 11.6. The molecule has 2 rings (SSSR count). The van der Waals surface area contributed by atoms with Crippen LogP contribution < -0.4 is 10.2 Å². The number of aliphatic hydroxyl groups excluding tert-OH is 1. The summed E-state index contributed by atoms with van der Waals surface area (Å²) in [5.41, 5.74) is 1.93. The Kier molecular flexibility index (Phi) is 3.49. The number of amides is 1. The van der Waals surface area contributed by atoms with E-state index in [1.54, 1.807) is 18.2 Å². The molecule has 1 aliphatic heterocycles. The number of rotatable bonds is 2. The minimum absolute atomic E-state index is 0.0311. The molecule has 0 aliphatic carbocycles. The minimum Gasteiger partial charge on any atom is -0.392 e. The molecule has 1 amide bonds. The molecule has 1 atom stereocenters. The van der Waals surface area contributed by atoms with Crippen molar-refractivity contribution in [3.8, 4) is 6.07 Å². The SMILES string of the molecule is CC1C(=O)NCCN1c1ccc(CO)cc1C#N. The van der Waals surface area contributed by atoms with E-state index < -0.39 is 0 Å². The molecule has 18 heavy (non-hydrogen) atoms. The van der Waals surface area contributed by atoms with Crippen molar-refractivity contribution < 1.29 is 9.90 Å². The largest absolute Gasteiger partial charge is 0.392 e. The molecule has 1 aromatic rings. The molecule has 1 unspecified atom stereocenters. The number of piperazine rings is 1. The van der Waals surface area contributed by atoms with Crippen LogP contribution in [0, 0.1) is 11.3 Å². The second-order valence-electron chi connectivity index (χ2n) is 4.28. The molecule has 1 aliphatic rings. The highest BCUT2D eigenvalue weighted by molar-refractivity contribution is 5.86. The fourth-order valence-corrected chi connectivity index (χ4v) is 2.13. The maximum Gasteiger partial charge on any atom is 0.242 e. The molecular formula is C13H15N3O2. The van der Waals surface area contributed by atoms with Gasteiger partial charge in [0, 0.05) is 13.1 Å². The smallest absolute Gasteiger partial charge is 0.242 e. The van der Waals surface area contributed by atoms with Crippen LogP contribution in [0.25, 0.3) is 0 Å². The van der Waals surface area contributed by atoms with Gasteiger partial charge in [0.1, 0.15) is 12.1 Å². The zero-order chi connectivity index (χ0) is 13.1. The second kappa shape index (κ2) is 5.07. The molecule has 94 valence electrons. The van der Waals surface area contributed by atoms with Crippen LogP contribution in [0.5, 0.6) is 0 Å². The molecule has 2 N–H and O–H groups in total. The van der Waals surface area contributed by atoms with Crippen molar-refractivity contribution in [1.82, 2.24) is 5.32 Å². The molecule has 0 saturated carbocycles. The van der Waals surface area contributed by atoms with Crippen LogP contribution in [0.15, 0.2) is 18.2 Å². The van der Waals surface area contributed by atoms with Crippen LogP contribution >= 0.6 is 0 Å². The number of nitrogens with zero attached hydrogens (tertiary/aromatic N) is 2. The molecule has 1 aromatic carbocycles. The number of anilines is 1. The van der Waals surface area contributed by atoms with Crippen LogP contribution in [-0.2, 0) is 11.4 Å². The van der Waals surface area contributed by atoms with Gasteiger partial charge in [0.25, 0.3) is 0 Å². The Morgan fingerprint density at radius 2 is 2.39 bits per heavy atom. The van der Waals surface area contributed by atoms with E-state index in [0.29, 0.717) is 24.2 Å². The average Bonchev–Trinajstić information content (AvgIpc) is 2.41. The summed E-state index contributed by atoms with van der Waals surface area (Å²) >= 11 is 0. The summed E-state index contributed by atoms with van der Waals surface area (Å²) in [6.07, 6.45) is 0. The molecule has 5 heteroatoms. The van der Waals surface area contributed by atoms with E-state index in [1.807, 2.05) is 11.8 Å². The summed E-state index contributed by atoms with van der Waals surface area (Å²) in [7, 11) is 0. The summed E-state index contributed by atoms with van der Waals surface area (Å²) in [5, 5.41) is 21.0. The molecule has 1 saturated heterocycles. The van der Waals surface area contributed by atoms with E-state index in [4.69, 9.17) is 10.4 Å². The molecule has 0 spiro atoms.